The van der Waals surface area contributed by atoms with Gasteiger partial charge in [0, 0.05) is 16.7 Å². The first-order valence-electron chi connectivity index (χ1n) is 7.64. The van der Waals surface area contributed by atoms with Crippen LogP contribution in [-0.4, -0.2) is 22.7 Å². The smallest absolute Gasteiger partial charge is 0.377 e. The highest BCUT2D eigenvalue weighted by Crippen LogP contribution is 2.22. The van der Waals surface area contributed by atoms with E-state index in [-0.39, 0.29) is 12.4 Å². The normalized spacial score (nSPS) is 10.5. The molecule has 2 heterocycles. The molecule has 128 valence electrons. The summed E-state index contributed by atoms with van der Waals surface area (Å²) in [5.74, 6) is 0.0800. The van der Waals surface area contributed by atoms with Crippen LogP contribution in [0, 0.1) is 0 Å². The van der Waals surface area contributed by atoms with Gasteiger partial charge in [-0.05, 0) is 25.1 Å². The molecule has 0 aliphatic carbocycles. The van der Waals surface area contributed by atoms with Crippen LogP contribution in [0.3, 0.4) is 0 Å². The van der Waals surface area contributed by atoms with Crippen LogP contribution in [0.25, 0.3) is 11.4 Å². The zero-order chi connectivity index (χ0) is 17.6. The largest absolute Gasteiger partial charge is 0.487 e. The Morgan fingerprint density at radius 1 is 1.20 bits per heavy atom. The van der Waals surface area contributed by atoms with Gasteiger partial charge in [-0.1, -0.05) is 35.0 Å². The van der Waals surface area contributed by atoms with Crippen molar-refractivity contribution in [1.82, 2.24) is 10.1 Å². The Morgan fingerprint density at radius 2 is 2.04 bits per heavy atom. The van der Waals surface area contributed by atoms with E-state index in [0.29, 0.717) is 28.8 Å². The van der Waals surface area contributed by atoms with Crippen LogP contribution in [0.1, 0.15) is 23.0 Å². The lowest BCUT2D eigenvalue weighted by Gasteiger charge is -2.07. The maximum atomic E-state index is 11.6. The first-order valence-corrected chi connectivity index (χ1v) is 8.01. The van der Waals surface area contributed by atoms with E-state index in [1.54, 1.807) is 25.3 Å². The van der Waals surface area contributed by atoms with Crippen molar-refractivity contribution >= 4 is 17.6 Å². The highest BCUT2D eigenvalue weighted by atomic mass is 35.5. The van der Waals surface area contributed by atoms with Crippen molar-refractivity contribution in [2.24, 2.45) is 0 Å². The summed E-state index contributed by atoms with van der Waals surface area (Å²) in [6.45, 7) is 2.33. The van der Waals surface area contributed by atoms with Gasteiger partial charge >= 0.3 is 5.97 Å². The van der Waals surface area contributed by atoms with Crippen LogP contribution in [0.5, 0.6) is 5.75 Å². The van der Waals surface area contributed by atoms with E-state index in [1.165, 1.54) is 6.07 Å². The topological polar surface area (TPSA) is 74.5 Å². The van der Waals surface area contributed by atoms with Gasteiger partial charge in [-0.2, -0.15) is 0 Å². The van der Waals surface area contributed by atoms with Gasteiger partial charge in [-0.3, -0.25) is 4.98 Å². The Morgan fingerprint density at radius 3 is 2.76 bits per heavy atom. The minimum absolute atomic E-state index is 0.0395. The second-order valence-electron chi connectivity index (χ2n) is 5.06. The molecular formula is C18H15ClN2O4. The van der Waals surface area contributed by atoms with Crippen LogP contribution in [0.4, 0.5) is 0 Å². The van der Waals surface area contributed by atoms with Gasteiger partial charge in [0.15, 0.2) is 0 Å². The standard InChI is InChI=1S/C18H15ClN2O4/c1-2-23-18(22)17-9-16(21-25-17)15-8-7-13(10-20-15)24-11-12-5-3-4-6-14(12)19/h3-10H,2,11H2,1H3. The van der Waals surface area contributed by atoms with Crippen LogP contribution >= 0.6 is 11.6 Å². The summed E-state index contributed by atoms with van der Waals surface area (Å²) in [6, 6.07) is 12.5. The molecule has 0 fully saturated rings. The zero-order valence-corrected chi connectivity index (χ0v) is 14.2. The minimum atomic E-state index is -0.555. The predicted octanol–water partition coefficient (Wildman–Crippen LogP) is 4.15. The fourth-order valence-corrected chi connectivity index (χ4v) is 2.28. The molecule has 6 nitrogen and oxygen atoms in total. The van der Waals surface area contributed by atoms with E-state index >= 15 is 0 Å². The average Bonchev–Trinajstić information content (AvgIpc) is 3.12. The number of rotatable bonds is 6. The molecule has 2 aromatic heterocycles. The maximum absolute atomic E-state index is 11.6. The molecule has 0 aliphatic heterocycles. The van der Waals surface area contributed by atoms with Gasteiger partial charge < -0.3 is 14.0 Å². The summed E-state index contributed by atoms with van der Waals surface area (Å²) in [7, 11) is 0. The monoisotopic (exact) mass is 358 g/mol. The number of aromatic nitrogens is 2. The molecule has 0 saturated carbocycles. The second-order valence-corrected chi connectivity index (χ2v) is 5.46. The molecule has 0 radical (unpaired) electrons. The van der Waals surface area contributed by atoms with Crippen molar-refractivity contribution in [3.05, 3.63) is 65.0 Å². The highest BCUT2D eigenvalue weighted by molar-refractivity contribution is 6.31. The molecule has 0 unspecified atom stereocenters. The first-order chi connectivity index (χ1) is 12.2. The fraction of sp³-hybridized carbons (Fsp3) is 0.167. The highest BCUT2D eigenvalue weighted by Gasteiger charge is 2.15. The molecule has 7 heteroatoms. The van der Waals surface area contributed by atoms with Gasteiger partial charge in [0.05, 0.1) is 18.5 Å². The first kappa shape index (κ1) is 17.0. The van der Waals surface area contributed by atoms with Gasteiger partial charge in [0.1, 0.15) is 18.1 Å². The van der Waals surface area contributed by atoms with E-state index in [4.69, 9.17) is 25.6 Å². The maximum Gasteiger partial charge on any atom is 0.377 e. The number of benzene rings is 1. The zero-order valence-electron chi connectivity index (χ0n) is 13.4. The Labute approximate surface area is 149 Å². The summed E-state index contributed by atoms with van der Waals surface area (Å²) >= 11 is 6.09. The van der Waals surface area contributed by atoms with Crippen LogP contribution < -0.4 is 4.74 Å². The average molecular weight is 359 g/mol. The summed E-state index contributed by atoms with van der Waals surface area (Å²) in [4.78, 5) is 15.9. The van der Waals surface area contributed by atoms with E-state index in [0.717, 1.165) is 5.56 Å². The van der Waals surface area contributed by atoms with Gasteiger partial charge in [-0.15, -0.1) is 0 Å². The Hall–Kier alpha value is -2.86. The number of ether oxygens (including phenoxy) is 2. The minimum Gasteiger partial charge on any atom is -0.487 e. The Bertz CT molecular complexity index is 862. The molecule has 3 rings (SSSR count). The van der Waals surface area contributed by atoms with Crippen molar-refractivity contribution < 1.29 is 18.8 Å². The number of halogens is 1. The molecule has 0 amide bonds. The van der Waals surface area contributed by atoms with Crippen LogP contribution in [-0.2, 0) is 11.3 Å². The molecule has 0 bridgehead atoms. The number of carbonyl (C=O) groups excluding carboxylic acids is 1. The van der Waals surface area contributed by atoms with Crippen molar-refractivity contribution in [2.75, 3.05) is 6.61 Å². The molecule has 3 aromatic rings. The van der Waals surface area contributed by atoms with Crippen LogP contribution in [0.2, 0.25) is 5.02 Å². The lowest BCUT2D eigenvalue weighted by atomic mass is 10.2. The lowest BCUT2D eigenvalue weighted by Crippen LogP contribution is -2.02. The van der Waals surface area contributed by atoms with Crippen molar-refractivity contribution in [1.29, 1.82) is 0 Å². The van der Waals surface area contributed by atoms with Gasteiger partial charge in [-0.25, -0.2) is 4.79 Å². The number of carbonyl (C=O) groups is 1. The van der Waals surface area contributed by atoms with E-state index in [9.17, 15) is 4.79 Å². The third-order valence-electron chi connectivity index (χ3n) is 3.34. The lowest BCUT2D eigenvalue weighted by molar-refractivity contribution is 0.0480. The third kappa shape index (κ3) is 4.16. The molecule has 0 saturated heterocycles. The summed E-state index contributed by atoms with van der Waals surface area (Å²) in [5.41, 5.74) is 1.90. The van der Waals surface area contributed by atoms with Gasteiger partial charge in [0.2, 0.25) is 5.76 Å². The molecular weight excluding hydrogens is 344 g/mol. The third-order valence-corrected chi connectivity index (χ3v) is 3.71. The molecule has 0 N–H and O–H groups in total. The van der Waals surface area contributed by atoms with E-state index < -0.39 is 5.97 Å². The molecule has 0 spiro atoms. The summed E-state index contributed by atoms with van der Waals surface area (Å²) in [5, 5.41) is 4.48. The van der Waals surface area contributed by atoms with Crippen molar-refractivity contribution in [3.8, 4) is 17.1 Å². The molecule has 25 heavy (non-hydrogen) atoms. The Kier molecular flexibility index (Phi) is 5.30. The van der Waals surface area contributed by atoms with E-state index in [2.05, 4.69) is 10.1 Å². The molecule has 0 atom stereocenters. The summed E-state index contributed by atoms with van der Waals surface area (Å²) < 4.78 is 15.5. The SMILES string of the molecule is CCOC(=O)c1cc(-c2ccc(OCc3ccccc3Cl)cn2)no1. The number of nitrogens with zero attached hydrogens (tertiary/aromatic N) is 2. The van der Waals surface area contributed by atoms with E-state index in [1.807, 2.05) is 24.3 Å². The summed E-state index contributed by atoms with van der Waals surface area (Å²) in [6.07, 6.45) is 1.57. The van der Waals surface area contributed by atoms with Gasteiger partial charge in [0.25, 0.3) is 0 Å². The quantitative estimate of drug-likeness (QED) is 0.616. The van der Waals surface area contributed by atoms with Crippen molar-refractivity contribution in [3.63, 3.8) is 0 Å². The second kappa shape index (κ2) is 7.81. The van der Waals surface area contributed by atoms with Crippen LogP contribution in [0.15, 0.2) is 53.2 Å². The number of pyridine rings is 1. The predicted molar refractivity (Wildman–Crippen MR) is 91.5 cm³/mol. The number of hydrogen-bond donors (Lipinski definition) is 0. The molecule has 0 aliphatic rings. The fourth-order valence-electron chi connectivity index (χ4n) is 2.09. The Balaban J connectivity index is 1.66. The number of hydrogen-bond acceptors (Lipinski definition) is 6. The molecule has 1 aromatic carbocycles. The van der Waals surface area contributed by atoms with Crippen molar-refractivity contribution in [2.45, 2.75) is 13.5 Å². The number of esters is 1.